The number of allylic oxidation sites excluding steroid dienone is 5. The first-order valence-electron chi connectivity index (χ1n) is 21.9. The molecule has 0 unspecified atom stereocenters. The maximum absolute atomic E-state index is 5.05. The van der Waals surface area contributed by atoms with Crippen molar-refractivity contribution in [2.45, 2.75) is 19.3 Å². The molecule has 10 aromatic rings. The lowest BCUT2D eigenvalue weighted by Crippen LogP contribution is -2.25. The highest BCUT2D eigenvalue weighted by molar-refractivity contribution is 6.16. The van der Waals surface area contributed by atoms with Crippen molar-refractivity contribution in [2.75, 3.05) is 0 Å². The maximum Gasteiger partial charge on any atom is 0.164 e. The molecule has 2 aliphatic carbocycles. The molecule has 2 aromatic heterocycles. The summed E-state index contributed by atoms with van der Waals surface area (Å²) in [6, 6.07) is 69.9. The standard InChI is InChI=1S/C60H42N4/c1-38(2)35-43(36-39(3)57-61-58(40-19-6-4-7-20-40)63-59(62-57)41-21-8-5-9-22-41)42-23-18-24-44(37-42)64-54-32-17-13-27-47(54)48-33-34-53-55(56(48)64)49-28-12-16-31-52(49)60(53)50-29-14-10-25-45(50)46-26-11-15-30-51(46)60/h4-37H,1H2,2-3H3. The number of benzene rings is 8. The van der Waals surface area contributed by atoms with Gasteiger partial charge in [0.05, 0.1) is 16.4 Å². The zero-order valence-corrected chi connectivity index (χ0v) is 35.6. The quantitative estimate of drug-likeness (QED) is 0.150. The zero-order chi connectivity index (χ0) is 42.9. The van der Waals surface area contributed by atoms with Crippen molar-refractivity contribution in [3.8, 4) is 50.7 Å². The van der Waals surface area contributed by atoms with Gasteiger partial charge >= 0.3 is 0 Å². The molecule has 0 fully saturated rings. The largest absolute Gasteiger partial charge is 0.309 e. The van der Waals surface area contributed by atoms with Gasteiger partial charge < -0.3 is 4.57 Å². The molecule has 0 radical (unpaired) electrons. The van der Waals surface area contributed by atoms with E-state index in [0.29, 0.717) is 17.5 Å². The minimum absolute atomic E-state index is 0.439. The van der Waals surface area contributed by atoms with Crippen LogP contribution < -0.4 is 0 Å². The average molecular weight is 819 g/mol. The summed E-state index contributed by atoms with van der Waals surface area (Å²) in [5.74, 6) is 1.89. The van der Waals surface area contributed by atoms with Gasteiger partial charge in [0, 0.05) is 33.2 Å². The topological polar surface area (TPSA) is 43.6 Å². The number of aromatic nitrogens is 4. The van der Waals surface area contributed by atoms with E-state index in [1.54, 1.807) is 0 Å². The van der Waals surface area contributed by atoms with E-state index in [-0.39, 0.29) is 0 Å². The summed E-state index contributed by atoms with van der Waals surface area (Å²) >= 11 is 0. The monoisotopic (exact) mass is 818 g/mol. The molecule has 1 spiro atoms. The number of nitrogens with zero attached hydrogens (tertiary/aromatic N) is 4. The van der Waals surface area contributed by atoms with Crippen LogP contribution in [0.15, 0.2) is 218 Å². The third-order valence-corrected chi connectivity index (χ3v) is 13.1. The van der Waals surface area contributed by atoms with Crippen molar-refractivity contribution >= 4 is 33.0 Å². The molecule has 2 aliphatic rings. The summed E-state index contributed by atoms with van der Waals surface area (Å²) in [7, 11) is 0. The minimum Gasteiger partial charge on any atom is -0.309 e. The molecule has 64 heavy (non-hydrogen) atoms. The summed E-state index contributed by atoms with van der Waals surface area (Å²) in [4.78, 5) is 15.0. The Balaban J connectivity index is 1.06. The number of rotatable bonds is 7. The Morgan fingerprint density at radius 1 is 0.500 bits per heavy atom. The second kappa shape index (κ2) is 14.7. The average Bonchev–Trinajstić information content (AvgIpc) is 3.96. The summed E-state index contributed by atoms with van der Waals surface area (Å²) in [6.07, 6.45) is 4.34. The van der Waals surface area contributed by atoms with Crippen molar-refractivity contribution in [3.63, 3.8) is 0 Å². The summed E-state index contributed by atoms with van der Waals surface area (Å²) in [5, 5.41) is 2.46. The Kier molecular flexibility index (Phi) is 8.63. The zero-order valence-electron chi connectivity index (χ0n) is 35.6. The maximum atomic E-state index is 5.05. The lowest BCUT2D eigenvalue weighted by atomic mass is 9.70. The molecule has 0 aliphatic heterocycles. The highest BCUT2D eigenvalue weighted by atomic mass is 15.0. The first kappa shape index (κ1) is 37.5. The van der Waals surface area contributed by atoms with E-state index in [4.69, 9.17) is 15.0 Å². The fraction of sp³-hybridized carbons (Fsp3) is 0.0500. The van der Waals surface area contributed by atoms with E-state index in [0.717, 1.165) is 44.6 Å². The minimum atomic E-state index is -0.439. The third kappa shape index (κ3) is 5.66. The Labute approximate surface area is 372 Å². The summed E-state index contributed by atoms with van der Waals surface area (Å²) < 4.78 is 2.49. The molecule has 0 bridgehead atoms. The van der Waals surface area contributed by atoms with Crippen LogP contribution in [0.4, 0.5) is 0 Å². The fourth-order valence-electron chi connectivity index (χ4n) is 10.5. The summed E-state index contributed by atoms with van der Waals surface area (Å²) in [5.41, 5.74) is 19.4. The molecule has 0 saturated heterocycles. The molecule has 4 nitrogen and oxygen atoms in total. The van der Waals surface area contributed by atoms with Crippen LogP contribution in [-0.4, -0.2) is 19.5 Å². The van der Waals surface area contributed by atoms with E-state index in [1.807, 2.05) is 67.6 Å². The molecule has 0 N–H and O–H groups in total. The molecular weight excluding hydrogens is 777 g/mol. The molecule has 4 heteroatoms. The van der Waals surface area contributed by atoms with Gasteiger partial charge in [0.1, 0.15) is 0 Å². The van der Waals surface area contributed by atoms with Gasteiger partial charge in [-0.15, -0.1) is 0 Å². The molecule has 8 aromatic carbocycles. The molecule has 0 atom stereocenters. The van der Waals surface area contributed by atoms with Crippen molar-refractivity contribution in [1.29, 1.82) is 0 Å². The van der Waals surface area contributed by atoms with Crippen molar-refractivity contribution in [2.24, 2.45) is 0 Å². The molecule has 12 rings (SSSR count). The van der Waals surface area contributed by atoms with E-state index < -0.39 is 5.41 Å². The number of hydrogen-bond donors (Lipinski definition) is 0. The van der Waals surface area contributed by atoms with Gasteiger partial charge in [-0.2, -0.15) is 0 Å². The van der Waals surface area contributed by atoms with Gasteiger partial charge in [0.2, 0.25) is 0 Å². The number of para-hydroxylation sites is 1. The lowest BCUT2D eigenvalue weighted by molar-refractivity contribution is 0.794. The van der Waals surface area contributed by atoms with Gasteiger partial charge in [-0.25, -0.2) is 15.0 Å². The molecule has 2 heterocycles. The Hall–Kier alpha value is -8.21. The Morgan fingerprint density at radius 3 is 1.70 bits per heavy atom. The van der Waals surface area contributed by atoms with Gasteiger partial charge in [-0.3, -0.25) is 0 Å². The lowest BCUT2D eigenvalue weighted by Gasteiger charge is -2.30. The van der Waals surface area contributed by atoms with Crippen molar-refractivity contribution < 1.29 is 0 Å². The third-order valence-electron chi connectivity index (χ3n) is 13.1. The predicted molar refractivity (Wildman–Crippen MR) is 264 cm³/mol. The Morgan fingerprint density at radius 2 is 1.06 bits per heavy atom. The molecular formula is C60H42N4. The van der Waals surface area contributed by atoms with Crippen molar-refractivity contribution in [3.05, 3.63) is 252 Å². The van der Waals surface area contributed by atoms with Gasteiger partial charge in [-0.05, 0) is 93.8 Å². The second-order valence-corrected chi connectivity index (χ2v) is 17.0. The highest BCUT2D eigenvalue weighted by Crippen LogP contribution is 2.64. The van der Waals surface area contributed by atoms with Crippen LogP contribution in [0.2, 0.25) is 0 Å². The van der Waals surface area contributed by atoms with Gasteiger partial charge in [-0.1, -0.05) is 194 Å². The molecule has 302 valence electrons. The van der Waals surface area contributed by atoms with E-state index >= 15 is 0 Å². The van der Waals surface area contributed by atoms with E-state index in [2.05, 4.69) is 164 Å². The van der Waals surface area contributed by atoms with Crippen LogP contribution >= 0.6 is 0 Å². The predicted octanol–water partition coefficient (Wildman–Crippen LogP) is 14.7. The van der Waals surface area contributed by atoms with Crippen LogP contribution in [0, 0.1) is 0 Å². The normalized spacial score (nSPS) is 13.5. The van der Waals surface area contributed by atoms with Crippen LogP contribution in [0.3, 0.4) is 0 Å². The molecule has 0 saturated carbocycles. The van der Waals surface area contributed by atoms with Gasteiger partial charge in [0.15, 0.2) is 17.5 Å². The van der Waals surface area contributed by atoms with E-state index in [9.17, 15) is 0 Å². The highest BCUT2D eigenvalue weighted by Gasteiger charge is 2.52. The van der Waals surface area contributed by atoms with Crippen LogP contribution in [0.5, 0.6) is 0 Å². The van der Waals surface area contributed by atoms with Crippen LogP contribution in [-0.2, 0) is 5.41 Å². The number of hydrogen-bond acceptors (Lipinski definition) is 3. The van der Waals surface area contributed by atoms with Crippen molar-refractivity contribution in [1.82, 2.24) is 19.5 Å². The molecule has 0 amide bonds. The number of fused-ring (bicyclic) bond motifs is 14. The first-order chi connectivity index (χ1) is 31.5. The smallest absolute Gasteiger partial charge is 0.164 e. The summed E-state index contributed by atoms with van der Waals surface area (Å²) in [6.45, 7) is 8.46. The Bertz CT molecular complexity index is 3490. The fourth-order valence-corrected chi connectivity index (χ4v) is 10.5. The first-order valence-corrected chi connectivity index (χ1v) is 21.9. The van der Waals surface area contributed by atoms with Crippen LogP contribution in [0.25, 0.3) is 83.7 Å². The SMILES string of the molecule is C=C(C)C=C(C=C(C)c1nc(-c2ccccc2)nc(-c2ccccc2)n1)c1cccc(-n2c3ccccc3c3ccc4c(c32)-c2ccccc2C42c3ccccc3-c3ccccc32)c1. The van der Waals surface area contributed by atoms with E-state index in [1.165, 1.54) is 60.8 Å². The van der Waals surface area contributed by atoms with Gasteiger partial charge in [0.25, 0.3) is 0 Å². The van der Waals surface area contributed by atoms with Crippen LogP contribution in [0.1, 0.15) is 47.5 Å². The second-order valence-electron chi connectivity index (χ2n) is 17.0.